The third-order valence-electron chi connectivity index (χ3n) is 3.60. The molecule has 0 aromatic heterocycles. The molecule has 19 heavy (non-hydrogen) atoms. The van der Waals surface area contributed by atoms with Gasteiger partial charge < -0.3 is 0 Å². The molecule has 0 aromatic carbocycles. The number of allylic oxidation sites excluding steroid dienone is 1. The number of carbonyl (C=O) groups excluding carboxylic acids is 1. The molecule has 0 spiro atoms. The Morgan fingerprint density at radius 3 is 1.84 bits per heavy atom. The summed E-state index contributed by atoms with van der Waals surface area (Å²) < 4.78 is 5.52. The van der Waals surface area contributed by atoms with Crippen molar-refractivity contribution < 1.29 is 9.53 Å². The zero-order valence-corrected chi connectivity index (χ0v) is 16.9. The zero-order chi connectivity index (χ0) is 15.4. The Kier molecular flexibility index (Phi) is 6.93. The van der Waals surface area contributed by atoms with E-state index in [4.69, 9.17) is 4.74 Å². The zero-order valence-electron chi connectivity index (χ0n) is 14.1. The van der Waals surface area contributed by atoms with Crippen LogP contribution in [0, 0.1) is 0 Å². The molecule has 1 atom stereocenters. The van der Waals surface area contributed by atoms with E-state index in [-0.39, 0.29) is 18.2 Å². The predicted octanol–water partition coefficient (Wildman–Crippen LogP) is 4.45. The van der Waals surface area contributed by atoms with E-state index < -0.39 is 22.0 Å². The first-order valence-corrected chi connectivity index (χ1v) is 17.1. The Morgan fingerprint density at radius 1 is 1.16 bits per heavy atom. The first-order valence-electron chi connectivity index (χ1n) is 7.11. The number of amides is 1. The number of carbonyl (C=O) groups is 1. The van der Waals surface area contributed by atoms with Crippen molar-refractivity contribution in [3.05, 3.63) is 12.2 Å². The average Bonchev–Trinajstić information content (AvgIpc) is 2.13. The number of hydrogen-bond acceptors (Lipinski definition) is 2. The van der Waals surface area contributed by atoms with Gasteiger partial charge in [-0.2, -0.15) is 0 Å². The molecule has 0 N–H and O–H groups in total. The van der Waals surface area contributed by atoms with Gasteiger partial charge in [-0.3, -0.25) is 0 Å². The van der Waals surface area contributed by atoms with E-state index in [1.807, 2.05) is 40.7 Å². The molecular weight excluding hydrogens is 345 g/mol. The minimum atomic E-state index is -2.44. The van der Waals surface area contributed by atoms with Crippen LogP contribution in [0.25, 0.3) is 0 Å². The summed E-state index contributed by atoms with van der Waals surface area (Å²) in [5, 5.41) is 0. The van der Waals surface area contributed by atoms with Crippen LogP contribution >= 0.6 is 0 Å². The molecule has 112 valence electrons. The molecular formula is C15H31NO2Sn. The van der Waals surface area contributed by atoms with Gasteiger partial charge in [0.2, 0.25) is 0 Å². The molecule has 0 fully saturated rings. The van der Waals surface area contributed by atoms with Crippen LogP contribution in [0.5, 0.6) is 0 Å². The van der Waals surface area contributed by atoms with Gasteiger partial charge in [0.1, 0.15) is 0 Å². The fourth-order valence-corrected chi connectivity index (χ4v) is 5.03. The quantitative estimate of drug-likeness (QED) is 0.524. The maximum absolute atomic E-state index is 12.5. The van der Waals surface area contributed by atoms with Gasteiger partial charge in [-0.15, -0.1) is 0 Å². The van der Waals surface area contributed by atoms with Crippen molar-refractivity contribution in [2.75, 3.05) is 0 Å². The van der Waals surface area contributed by atoms with Crippen molar-refractivity contribution in [3.8, 4) is 0 Å². The second kappa shape index (κ2) is 7.00. The standard InChI is InChI=1S/C12H22NO2.3CH3.Sn/c1-7-8-11(6)15-12(14)13(9(2)3)10(4)5;;;;/h7-10H,1-6H3;3*1H3;/b8-7-;;;;. The van der Waals surface area contributed by atoms with Gasteiger partial charge in [0.05, 0.1) is 0 Å². The Morgan fingerprint density at radius 2 is 1.58 bits per heavy atom. The van der Waals surface area contributed by atoms with Crippen LogP contribution in [0.4, 0.5) is 4.79 Å². The molecule has 4 heteroatoms. The molecule has 0 radical (unpaired) electrons. The van der Waals surface area contributed by atoms with Gasteiger partial charge in [-0.1, -0.05) is 0 Å². The number of ether oxygens (including phenoxy) is 1. The second-order valence-corrected chi connectivity index (χ2v) is 22.5. The van der Waals surface area contributed by atoms with Crippen molar-refractivity contribution in [1.82, 2.24) is 4.90 Å². The van der Waals surface area contributed by atoms with E-state index in [1.54, 1.807) is 4.90 Å². The van der Waals surface area contributed by atoms with E-state index in [1.165, 1.54) is 0 Å². The van der Waals surface area contributed by atoms with Crippen molar-refractivity contribution in [2.45, 2.75) is 72.1 Å². The van der Waals surface area contributed by atoms with E-state index >= 15 is 0 Å². The SMILES string of the molecule is C/C=C\[C](C)(OC(=O)N(C(C)C)C(C)C)[Sn]([CH3])([CH3])[CH3]. The third kappa shape index (κ3) is 5.01. The van der Waals surface area contributed by atoms with E-state index in [0.717, 1.165) is 0 Å². The van der Waals surface area contributed by atoms with Crippen LogP contribution in [0.2, 0.25) is 14.8 Å². The van der Waals surface area contributed by atoms with Crippen LogP contribution in [-0.2, 0) is 4.74 Å². The minimum absolute atomic E-state index is 0.150. The summed E-state index contributed by atoms with van der Waals surface area (Å²) in [5.41, 5.74) is 0. The number of rotatable bonds is 5. The summed E-state index contributed by atoms with van der Waals surface area (Å²) in [6.07, 6.45) is 3.85. The van der Waals surface area contributed by atoms with Crippen molar-refractivity contribution in [1.29, 1.82) is 0 Å². The summed E-state index contributed by atoms with van der Waals surface area (Å²) in [7, 11) is 0. The number of hydrogen-bond donors (Lipinski definition) is 0. The van der Waals surface area contributed by atoms with E-state index in [2.05, 4.69) is 27.8 Å². The summed E-state index contributed by atoms with van der Waals surface area (Å²) in [5.74, 6) is 0. The van der Waals surface area contributed by atoms with Crippen LogP contribution in [0.3, 0.4) is 0 Å². The predicted molar refractivity (Wildman–Crippen MR) is 85.2 cm³/mol. The molecule has 1 unspecified atom stereocenters. The summed E-state index contributed by atoms with van der Waals surface area (Å²) in [6, 6.07) is 0.301. The average molecular weight is 376 g/mol. The molecule has 0 saturated heterocycles. The summed E-state index contributed by atoms with van der Waals surface area (Å²) >= 11 is -2.44. The fourth-order valence-electron chi connectivity index (χ4n) is 2.01. The topological polar surface area (TPSA) is 29.5 Å². The van der Waals surface area contributed by atoms with Crippen LogP contribution in [0.15, 0.2) is 12.2 Å². The van der Waals surface area contributed by atoms with Gasteiger partial charge in [0.15, 0.2) is 0 Å². The first-order chi connectivity index (χ1) is 8.46. The molecule has 0 rings (SSSR count). The van der Waals surface area contributed by atoms with Crippen LogP contribution < -0.4 is 0 Å². The fraction of sp³-hybridized carbons (Fsp3) is 0.800. The van der Waals surface area contributed by atoms with Crippen LogP contribution in [0.1, 0.15) is 41.5 Å². The Labute approximate surface area is 123 Å². The molecule has 0 aliphatic heterocycles. The normalized spacial score (nSPS) is 15.9. The Hall–Kier alpha value is -0.191. The molecule has 0 aliphatic carbocycles. The van der Waals surface area contributed by atoms with Gasteiger partial charge >= 0.3 is 123 Å². The monoisotopic (exact) mass is 377 g/mol. The van der Waals surface area contributed by atoms with Crippen molar-refractivity contribution >= 4 is 24.5 Å². The Balaban J connectivity index is 5.22. The summed E-state index contributed by atoms with van der Waals surface area (Å²) in [4.78, 5) is 21.1. The van der Waals surface area contributed by atoms with E-state index in [0.29, 0.717) is 0 Å². The maximum atomic E-state index is 12.5. The van der Waals surface area contributed by atoms with Crippen LogP contribution in [-0.4, -0.2) is 45.1 Å². The van der Waals surface area contributed by atoms with Gasteiger partial charge in [-0.05, 0) is 0 Å². The molecule has 0 aromatic rings. The summed E-state index contributed by atoms with van der Waals surface area (Å²) in [6.45, 7) is 12.1. The molecule has 1 amide bonds. The molecule has 0 saturated carbocycles. The third-order valence-corrected chi connectivity index (χ3v) is 12.9. The number of nitrogens with zero attached hydrogens (tertiary/aromatic N) is 1. The van der Waals surface area contributed by atoms with E-state index in [9.17, 15) is 4.79 Å². The second-order valence-electron chi connectivity index (χ2n) is 6.82. The van der Waals surface area contributed by atoms with Gasteiger partial charge in [-0.25, -0.2) is 0 Å². The molecule has 0 aliphatic rings. The van der Waals surface area contributed by atoms with Gasteiger partial charge in [0, 0.05) is 0 Å². The molecule has 0 heterocycles. The molecule has 0 bridgehead atoms. The van der Waals surface area contributed by atoms with Crippen molar-refractivity contribution in [3.63, 3.8) is 0 Å². The van der Waals surface area contributed by atoms with Crippen molar-refractivity contribution in [2.24, 2.45) is 0 Å². The Bertz CT molecular complexity index is 324. The first kappa shape index (κ1) is 18.8. The molecule has 3 nitrogen and oxygen atoms in total. The van der Waals surface area contributed by atoms with Gasteiger partial charge in [0.25, 0.3) is 0 Å².